The lowest BCUT2D eigenvalue weighted by Crippen LogP contribution is -2.53. The number of nitrogens with one attached hydrogen (secondary N) is 1. The van der Waals surface area contributed by atoms with Crippen LogP contribution in [0.4, 0.5) is 11.4 Å². The molecule has 0 bridgehead atoms. The second kappa shape index (κ2) is 9.44. The van der Waals surface area contributed by atoms with E-state index in [4.69, 9.17) is 23.2 Å². The van der Waals surface area contributed by atoms with Gasteiger partial charge in [-0.2, -0.15) is 4.31 Å². The Morgan fingerprint density at radius 2 is 1.75 bits per heavy atom. The zero-order chi connectivity index (χ0) is 22.9. The van der Waals surface area contributed by atoms with Gasteiger partial charge in [0, 0.05) is 43.4 Å². The number of rotatable bonds is 6. The Morgan fingerprint density at radius 3 is 2.41 bits per heavy atom. The molecule has 0 radical (unpaired) electrons. The molecule has 4 rings (SSSR count). The Labute approximate surface area is 197 Å². The highest BCUT2D eigenvalue weighted by atomic mass is 35.5. The fourth-order valence-corrected chi connectivity index (χ4v) is 6.67. The second-order valence-electron chi connectivity index (χ2n) is 7.78. The number of carboxylic acids is 1. The molecule has 172 valence electrons. The molecule has 32 heavy (non-hydrogen) atoms. The Kier molecular flexibility index (Phi) is 6.83. The lowest BCUT2D eigenvalue weighted by Gasteiger charge is -2.37. The highest BCUT2D eigenvalue weighted by molar-refractivity contribution is 7.89. The van der Waals surface area contributed by atoms with Gasteiger partial charge in [0.05, 0.1) is 10.7 Å². The van der Waals surface area contributed by atoms with Crippen LogP contribution in [-0.2, 0) is 14.8 Å². The molecule has 2 aliphatic rings. The number of benzene rings is 2. The number of nitrogens with zero attached hydrogens (tertiary/aromatic N) is 3. The van der Waals surface area contributed by atoms with Gasteiger partial charge in [0.15, 0.2) is 6.17 Å². The summed E-state index contributed by atoms with van der Waals surface area (Å²) < 4.78 is 27.4. The van der Waals surface area contributed by atoms with E-state index in [0.29, 0.717) is 13.0 Å². The number of hydrogen-bond donors (Lipinski definition) is 2. The Morgan fingerprint density at radius 1 is 1.06 bits per heavy atom. The van der Waals surface area contributed by atoms with E-state index in [0.717, 1.165) is 30.5 Å². The van der Waals surface area contributed by atoms with Crippen molar-refractivity contribution in [1.82, 2.24) is 9.21 Å². The monoisotopic (exact) mass is 498 g/mol. The van der Waals surface area contributed by atoms with Crippen LogP contribution in [0.15, 0.2) is 47.4 Å². The van der Waals surface area contributed by atoms with Gasteiger partial charge >= 0.3 is 5.97 Å². The third kappa shape index (κ3) is 4.67. The lowest BCUT2D eigenvalue weighted by atomic mass is 10.2. The molecule has 1 saturated heterocycles. The van der Waals surface area contributed by atoms with Crippen molar-refractivity contribution >= 4 is 50.6 Å². The van der Waals surface area contributed by atoms with Gasteiger partial charge in [0.2, 0.25) is 10.0 Å². The topological polar surface area (TPSA) is 93.2 Å². The molecular weight excluding hydrogens is 475 g/mol. The van der Waals surface area contributed by atoms with E-state index in [9.17, 15) is 18.3 Å². The van der Waals surface area contributed by atoms with Crippen molar-refractivity contribution in [3.63, 3.8) is 0 Å². The molecule has 2 aromatic rings. The number of carbonyl (C=O) groups is 1. The number of carboxylic acid groups (broad SMARTS) is 1. The number of hydrogen-bond acceptors (Lipinski definition) is 6. The SMILES string of the molecule is O=C(O)C1Nc2cc(Cl)cc(Cl)c2S(=O)(=O)N1CCCN1CCN(c2ccccc2)CC1. The van der Waals surface area contributed by atoms with Crippen molar-refractivity contribution in [2.45, 2.75) is 17.5 Å². The summed E-state index contributed by atoms with van der Waals surface area (Å²) in [4.78, 5) is 16.3. The predicted octanol–water partition coefficient (Wildman–Crippen LogP) is 3.03. The first-order chi connectivity index (χ1) is 15.3. The summed E-state index contributed by atoms with van der Waals surface area (Å²) in [5, 5.41) is 12.6. The number of para-hydroxylation sites is 1. The van der Waals surface area contributed by atoms with Crippen LogP contribution in [-0.4, -0.2) is 74.1 Å². The van der Waals surface area contributed by atoms with Gasteiger partial charge in [-0.1, -0.05) is 41.4 Å². The molecule has 0 aliphatic carbocycles. The molecule has 1 unspecified atom stereocenters. The summed E-state index contributed by atoms with van der Waals surface area (Å²) >= 11 is 12.1. The van der Waals surface area contributed by atoms with Gasteiger partial charge in [0.1, 0.15) is 4.90 Å². The van der Waals surface area contributed by atoms with Crippen LogP contribution in [0.5, 0.6) is 0 Å². The normalized spacial score (nSPS) is 21.1. The first kappa shape index (κ1) is 23.1. The van der Waals surface area contributed by atoms with Gasteiger partial charge < -0.3 is 15.3 Å². The molecule has 2 N–H and O–H groups in total. The van der Waals surface area contributed by atoms with Gasteiger partial charge in [0.25, 0.3) is 0 Å². The Hall–Kier alpha value is -2.04. The van der Waals surface area contributed by atoms with Crippen molar-refractivity contribution in [2.75, 3.05) is 49.5 Å². The fourth-order valence-electron chi connectivity index (χ4n) is 4.16. The van der Waals surface area contributed by atoms with Crippen molar-refractivity contribution in [3.8, 4) is 0 Å². The minimum Gasteiger partial charge on any atom is -0.479 e. The van der Waals surface area contributed by atoms with E-state index in [1.807, 2.05) is 18.2 Å². The van der Waals surface area contributed by atoms with Gasteiger partial charge in [-0.25, -0.2) is 13.2 Å². The van der Waals surface area contributed by atoms with Crippen LogP contribution in [0.2, 0.25) is 10.0 Å². The quantitative estimate of drug-likeness (QED) is 0.631. The predicted molar refractivity (Wildman–Crippen MR) is 125 cm³/mol. The minimum atomic E-state index is -4.10. The van der Waals surface area contributed by atoms with Gasteiger partial charge in [-0.05, 0) is 37.2 Å². The molecule has 1 atom stereocenters. The van der Waals surface area contributed by atoms with Crippen LogP contribution in [0, 0.1) is 0 Å². The summed E-state index contributed by atoms with van der Waals surface area (Å²) in [5.74, 6) is -1.29. The number of aliphatic carboxylic acids is 1. The molecule has 0 amide bonds. The van der Waals surface area contributed by atoms with Crippen LogP contribution in [0.3, 0.4) is 0 Å². The van der Waals surface area contributed by atoms with Crippen molar-refractivity contribution in [2.24, 2.45) is 0 Å². The first-order valence-corrected chi connectivity index (χ1v) is 12.5. The zero-order valence-corrected chi connectivity index (χ0v) is 19.6. The lowest BCUT2D eigenvalue weighted by molar-refractivity contribution is -0.140. The highest BCUT2D eigenvalue weighted by Gasteiger charge is 2.43. The average Bonchev–Trinajstić information content (AvgIpc) is 2.75. The van der Waals surface area contributed by atoms with E-state index < -0.39 is 22.2 Å². The molecule has 0 saturated carbocycles. The molecule has 2 aliphatic heterocycles. The Bertz CT molecular complexity index is 1090. The number of sulfonamides is 1. The van der Waals surface area contributed by atoms with Gasteiger partial charge in [-0.15, -0.1) is 0 Å². The molecule has 1 fully saturated rings. The summed E-state index contributed by atoms with van der Waals surface area (Å²) in [6, 6.07) is 12.9. The minimum absolute atomic E-state index is 0.0362. The smallest absolute Gasteiger partial charge is 0.342 e. The van der Waals surface area contributed by atoms with Crippen LogP contribution >= 0.6 is 23.2 Å². The maximum atomic E-state index is 13.2. The van der Waals surface area contributed by atoms with E-state index in [1.54, 1.807) is 0 Å². The van der Waals surface area contributed by atoms with E-state index >= 15 is 0 Å². The molecule has 2 aromatic carbocycles. The molecule has 8 nitrogen and oxygen atoms in total. The van der Waals surface area contributed by atoms with Crippen molar-refractivity contribution in [1.29, 1.82) is 0 Å². The highest BCUT2D eigenvalue weighted by Crippen LogP contribution is 2.39. The van der Waals surface area contributed by atoms with Crippen molar-refractivity contribution < 1.29 is 18.3 Å². The second-order valence-corrected chi connectivity index (χ2v) is 10.5. The number of anilines is 2. The number of halogens is 2. The third-order valence-electron chi connectivity index (χ3n) is 5.74. The summed E-state index contributed by atoms with van der Waals surface area (Å²) in [6.07, 6.45) is -0.923. The van der Waals surface area contributed by atoms with Gasteiger partial charge in [-0.3, -0.25) is 4.90 Å². The molecule has 11 heteroatoms. The van der Waals surface area contributed by atoms with Crippen LogP contribution in [0.1, 0.15) is 6.42 Å². The summed E-state index contributed by atoms with van der Waals surface area (Å²) in [6.45, 7) is 4.21. The largest absolute Gasteiger partial charge is 0.479 e. The molecule has 2 heterocycles. The Balaban J connectivity index is 1.40. The fraction of sp³-hybridized carbons (Fsp3) is 0.381. The molecule has 0 spiro atoms. The van der Waals surface area contributed by atoms with Crippen molar-refractivity contribution in [3.05, 3.63) is 52.5 Å². The zero-order valence-electron chi connectivity index (χ0n) is 17.2. The maximum absolute atomic E-state index is 13.2. The molecule has 0 aromatic heterocycles. The summed E-state index contributed by atoms with van der Waals surface area (Å²) in [5.41, 5.74) is 1.29. The van der Waals surface area contributed by atoms with E-state index in [2.05, 4.69) is 27.2 Å². The third-order valence-corrected chi connectivity index (χ3v) is 8.33. The summed E-state index contributed by atoms with van der Waals surface area (Å²) in [7, 11) is -4.10. The standard InChI is InChI=1S/C21H24Cl2N4O4S/c22-15-13-17(23)19-18(14-15)24-20(21(28)29)27(32(19,30)31)8-4-7-25-9-11-26(12-10-25)16-5-2-1-3-6-16/h1-3,5-6,13-14,20,24H,4,7-12H2,(H,28,29). The average molecular weight is 499 g/mol. The molecular formula is C21H24Cl2N4O4S. The van der Waals surface area contributed by atoms with E-state index in [1.165, 1.54) is 17.8 Å². The maximum Gasteiger partial charge on any atom is 0.342 e. The van der Waals surface area contributed by atoms with E-state index in [-0.39, 0.29) is 27.2 Å². The number of piperazine rings is 1. The van der Waals surface area contributed by atoms with Crippen LogP contribution in [0.25, 0.3) is 0 Å². The number of fused-ring (bicyclic) bond motifs is 1. The van der Waals surface area contributed by atoms with Crippen LogP contribution < -0.4 is 10.2 Å². The first-order valence-electron chi connectivity index (χ1n) is 10.3.